The van der Waals surface area contributed by atoms with Gasteiger partial charge in [0.1, 0.15) is 5.65 Å². The quantitative estimate of drug-likeness (QED) is 0.819. The first kappa shape index (κ1) is 16.1. The fourth-order valence-corrected chi connectivity index (χ4v) is 4.73. The Labute approximate surface area is 135 Å². The van der Waals surface area contributed by atoms with E-state index in [0.717, 1.165) is 5.56 Å². The number of aromatic nitrogens is 2. The van der Waals surface area contributed by atoms with Gasteiger partial charge in [-0.25, -0.2) is 13.4 Å². The van der Waals surface area contributed by atoms with E-state index in [-0.39, 0.29) is 23.1 Å². The topological polar surface area (TPSA) is 71.8 Å². The number of aryl methyl sites for hydroxylation is 1. The Bertz CT molecular complexity index is 889. The molecule has 3 rings (SSSR count). The molecule has 0 aromatic carbocycles. The maximum atomic E-state index is 12.3. The van der Waals surface area contributed by atoms with Crippen molar-refractivity contribution < 1.29 is 8.42 Å². The van der Waals surface area contributed by atoms with Crippen LogP contribution < -0.4 is 5.56 Å². The smallest absolute Gasteiger partial charge is 0.258 e. The third kappa shape index (κ3) is 3.61. The van der Waals surface area contributed by atoms with Gasteiger partial charge in [0, 0.05) is 24.8 Å². The lowest BCUT2D eigenvalue weighted by Crippen LogP contribution is -2.36. The fraction of sp³-hybridized carbons (Fsp3) is 0.500. The zero-order valence-electron chi connectivity index (χ0n) is 13.4. The number of pyridine rings is 1. The monoisotopic (exact) mass is 335 g/mol. The van der Waals surface area contributed by atoms with Crippen LogP contribution in [0.3, 0.4) is 0 Å². The van der Waals surface area contributed by atoms with E-state index in [4.69, 9.17) is 0 Å². The van der Waals surface area contributed by atoms with Gasteiger partial charge in [-0.15, -0.1) is 0 Å². The summed E-state index contributed by atoms with van der Waals surface area (Å²) < 4.78 is 25.2. The first-order chi connectivity index (χ1) is 10.8. The zero-order chi connectivity index (χ0) is 16.6. The lowest BCUT2D eigenvalue weighted by molar-refractivity contribution is 0.217. The van der Waals surface area contributed by atoms with Crippen LogP contribution >= 0.6 is 0 Å². The highest BCUT2D eigenvalue weighted by Crippen LogP contribution is 2.14. The van der Waals surface area contributed by atoms with Crippen LogP contribution in [0.1, 0.15) is 24.6 Å². The summed E-state index contributed by atoms with van der Waals surface area (Å²) in [6.45, 7) is 5.05. The maximum absolute atomic E-state index is 12.3. The average molecular weight is 335 g/mol. The predicted molar refractivity (Wildman–Crippen MR) is 89.3 cm³/mol. The minimum Gasteiger partial charge on any atom is -0.294 e. The molecule has 23 heavy (non-hydrogen) atoms. The Kier molecular flexibility index (Phi) is 4.25. The fourth-order valence-electron chi connectivity index (χ4n) is 3.05. The summed E-state index contributed by atoms with van der Waals surface area (Å²) >= 11 is 0. The minimum atomic E-state index is -2.97. The maximum Gasteiger partial charge on any atom is 0.258 e. The summed E-state index contributed by atoms with van der Waals surface area (Å²) in [5.74, 6) is 0.402. The van der Waals surface area contributed by atoms with Crippen LogP contribution in [0.4, 0.5) is 0 Å². The molecule has 1 aliphatic heterocycles. The van der Waals surface area contributed by atoms with Crippen molar-refractivity contribution in [2.75, 3.05) is 18.1 Å². The lowest BCUT2D eigenvalue weighted by atomic mass is 10.2. The summed E-state index contributed by atoms with van der Waals surface area (Å²) in [6, 6.07) is 5.22. The number of sulfone groups is 1. The SMILES string of the molecule is Cc1ccc2nc(CN3CCCS(=O)(=O)CC3C)cc(=O)n2c1. The standard InChI is InChI=1S/C16H21N3O3S/c1-12-4-5-15-17-14(8-16(20)19(15)9-12)10-18-6-3-7-23(21,22)11-13(18)2/h4-5,8-9,13H,3,6-7,10-11H2,1-2H3. The van der Waals surface area contributed by atoms with E-state index in [0.29, 0.717) is 30.9 Å². The molecular formula is C16H21N3O3S. The lowest BCUT2D eigenvalue weighted by Gasteiger charge is -2.25. The molecule has 6 nitrogen and oxygen atoms in total. The van der Waals surface area contributed by atoms with E-state index in [1.165, 1.54) is 4.40 Å². The van der Waals surface area contributed by atoms with Crippen LogP contribution in [0.5, 0.6) is 0 Å². The van der Waals surface area contributed by atoms with E-state index < -0.39 is 9.84 Å². The van der Waals surface area contributed by atoms with E-state index in [2.05, 4.69) is 9.88 Å². The Morgan fingerprint density at radius 1 is 1.35 bits per heavy atom. The van der Waals surface area contributed by atoms with Gasteiger partial charge in [-0.2, -0.15) is 0 Å². The van der Waals surface area contributed by atoms with E-state index in [1.54, 1.807) is 12.3 Å². The largest absolute Gasteiger partial charge is 0.294 e. The molecule has 0 aliphatic carbocycles. The van der Waals surface area contributed by atoms with E-state index in [9.17, 15) is 13.2 Å². The second kappa shape index (κ2) is 6.05. The van der Waals surface area contributed by atoms with Crippen molar-refractivity contribution in [3.05, 3.63) is 46.0 Å². The van der Waals surface area contributed by atoms with Crippen molar-refractivity contribution in [2.45, 2.75) is 32.9 Å². The van der Waals surface area contributed by atoms with Gasteiger partial charge in [0.2, 0.25) is 0 Å². The number of hydrogen-bond donors (Lipinski definition) is 0. The Balaban J connectivity index is 1.89. The molecule has 2 aromatic heterocycles. The van der Waals surface area contributed by atoms with Crippen LogP contribution in [0.25, 0.3) is 5.65 Å². The van der Waals surface area contributed by atoms with Crippen LogP contribution in [-0.2, 0) is 16.4 Å². The molecule has 0 spiro atoms. The molecular weight excluding hydrogens is 314 g/mol. The molecule has 0 N–H and O–H groups in total. The third-order valence-electron chi connectivity index (χ3n) is 4.24. The normalized spacial score (nSPS) is 22.1. The molecule has 0 bridgehead atoms. The minimum absolute atomic E-state index is 0.0687. The Hall–Kier alpha value is -1.73. The van der Waals surface area contributed by atoms with Crippen LogP contribution in [0, 0.1) is 6.92 Å². The summed E-state index contributed by atoms with van der Waals surface area (Å²) in [5, 5.41) is 0. The summed E-state index contributed by atoms with van der Waals surface area (Å²) in [4.78, 5) is 18.9. The highest BCUT2D eigenvalue weighted by molar-refractivity contribution is 7.91. The molecule has 3 heterocycles. The van der Waals surface area contributed by atoms with Gasteiger partial charge in [0.05, 0.1) is 17.2 Å². The highest BCUT2D eigenvalue weighted by Gasteiger charge is 2.25. The number of nitrogens with zero attached hydrogens (tertiary/aromatic N) is 3. The number of rotatable bonds is 2. The molecule has 2 aromatic rings. The third-order valence-corrected chi connectivity index (χ3v) is 6.15. The Morgan fingerprint density at radius 2 is 2.13 bits per heavy atom. The number of fused-ring (bicyclic) bond motifs is 1. The summed E-state index contributed by atoms with van der Waals surface area (Å²) in [5.41, 5.74) is 2.20. The molecule has 124 valence electrons. The zero-order valence-corrected chi connectivity index (χ0v) is 14.2. The van der Waals surface area contributed by atoms with Crippen LogP contribution in [0.15, 0.2) is 29.2 Å². The van der Waals surface area contributed by atoms with Gasteiger partial charge in [0.25, 0.3) is 5.56 Å². The molecule has 1 aliphatic rings. The number of hydrogen-bond acceptors (Lipinski definition) is 5. The molecule has 1 fully saturated rings. The van der Waals surface area contributed by atoms with Crippen molar-refractivity contribution in [1.29, 1.82) is 0 Å². The van der Waals surface area contributed by atoms with Gasteiger partial charge < -0.3 is 0 Å². The van der Waals surface area contributed by atoms with Crippen molar-refractivity contribution in [2.24, 2.45) is 0 Å². The molecule has 1 unspecified atom stereocenters. The highest BCUT2D eigenvalue weighted by atomic mass is 32.2. The van der Waals surface area contributed by atoms with Crippen LogP contribution in [0.2, 0.25) is 0 Å². The van der Waals surface area contributed by atoms with Gasteiger partial charge in [-0.1, -0.05) is 6.07 Å². The van der Waals surface area contributed by atoms with Crippen molar-refractivity contribution in [3.8, 4) is 0 Å². The second-order valence-electron chi connectivity index (χ2n) is 6.31. The van der Waals surface area contributed by atoms with Crippen molar-refractivity contribution in [1.82, 2.24) is 14.3 Å². The predicted octanol–water partition coefficient (Wildman–Crippen LogP) is 1.01. The van der Waals surface area contributed by atoms with E-state index in [1.807, 2.05) is 26.0 Å². The molecule has 7 heteroatoms. The summed E-state index contributed by atoms with van der Waals surface area (Å²) in [6.07, 6.45) is 2.40. The van der Waals surface area contributed by atoms with E-state index >= 15 is 0 Å². The van der Waals surface area contributed by atoms with Crippen LogP contribution in [-0.4, -0.2) is 46.8 Å². The summed E-state index contributed by atoms with van der Waals surface area (Å²) in [7, 11) is -2.97. The average Bonchev–Trinajstić information content (AvgIpc) is 2.58. The second-order valence-corrected chi connectivity index (χ2v) is 8.54. The molecule has 1 saturated heterocycles. The molecule has 1 atom stereocenters. The Morgan fingerprint density at radius 3 is 2.91 bits per heavy atom. The molecule has 0 saturated carbocycles. The first-order valence-electron chi connectivity index (χ1n) is 7.77. The van der Waals surface area contributed by atoms with Gasteiger partial charge in [-0.05, 0) is 38.4 Å². The first-order valence-corrected chi connectivity index (χ1v) is 9.60. The van der Waals surface area contributed by atoms with Gasteiger partial charge in [0.15, 0.2) is 9.84 Å². The molecule has 0 amide bonds. The van der Waals surface area contributed by atoms with Gasteiger partial charge >= 0.3 is 0 Å². The molecule has 0 radical (unpaired) electrons. The van der Waals surface area contributed by atoms with Crippen molar-refractivity contribution >= 4 is 15.5 Å². The van der Waals surface area contributed by atoms with Gasteiger partial charge in [-0.3, -0.25) is 14.1 Å². The van der Waals surface area contributed by atoms with Crippen molar-refractivity contribution in [3.63, 3.8) is 0 Å².